The Morgan fingerprint density at radius 2 is 1.45 bits per heavy atom. The van der Waals surface area contributed by atoms with Crippen molar-refractivity contribution in [2.75, 3.05) is 0 Å². The molecule has 1 aliphatic carbocycles. The van der Waals surface area contributed by atoms with Crippen LogP contribution in [0.4, 0.5) is 0 Å². The third kappa shape index (κ3) is 3.00. The summed E-state index contributed by atoms with van der Waals surface area (Å²) in [7, 11) is 0. The highest BCUT2D eigenvalue weighted by Gasteiger charge is 2.32. The number of pyridine rings is 1. The van der Waals surface area contributed by atoms with Crippen molar-refractivity contribution < 1.29 is 0 Å². The molecule has 0 N–H and O–H groups in total. The molecule has 1 heteroatoms. The van der Waals surface area contributed by atoms with Gasteiger partial charge in [0.15, 0.2) is 0 Å². The van der Waals surface area contributed by atoms with Gasteiger partial charge in [0.05, 0.1) is 5.69 Å². The lowest BCUT2D eigenvalue weighted by Gasteiger charge is -2.19. The number of allylic oxidation sites excluding steroid dienone is 2. The molecule has 1 aromatic heterocycles. The molecular formula is C28H23N. The summed E-state index contributed by atoms with van der Waals surface area (Å²) in [6.07, 6.45) is 1.86. The van der Waals surface area contributed by atoms with Gasteiger partial charge in [0.1, 0.15) is 0 Å². The molecular weight excluding hydrogens is 350 g/mol. The minimum Gasteiger partial charge on any atom is -0.256 e. The molecule has 0 amide bonds. The maximum absolute atomic E-state index is 4.56. The Morgan fingerprint density at radius 1 is 0.690 bits per heavy atom. The molecule has 4 aromatic rings. The van der Waals surface area contributed by atoms with Crippen molar-refractivity contribution in [3.8, 4) is 11.3 Å². The first-order valence-electron chi connectivity index (χ1n) is 10.1. The molecule has 0 radical (unpaired) electrons. The summed E-state index contributed by atoms with van der Waals surface area (Å²) >= 11 is 0. The highest BCUT2D eigenvalue weighted by Crippen LogP contribution is 2.51. The van der Waals surface area contributed by atoms with Crippen molar-refractivity contribution in [2.24, 2.45) is 0 Å². The Kier molecular flexibility index (Phi) is 4.37. The van der Waals surface area contributed by atoms with E-state index in [4.69, 9.17) is 0 Å². The average molecular weight is 373 g/mol. The van der Waals surface area contributed by atoms with Crippen LogP contribution in [0.1, 0.15) is 40.7 Å². The lowest BCUT2D eigenvalue weighted by Crippen LogP contribution is -2.02. The van der Waals surface area contributed by atoms with Gasteiger partial charge >= 0.3 is 0 Å². The molecule has 1 nitrogen and oxygen atoms in total. The first kappa shape index (κ1) is 17.6. The first-order chi connectivity index (χ1) is 14.2. The Bertz CT molecular complexity index is 1200. The zero-order valence-electron chi connectivity index (χ0n) is 16.8. The van der Waals surface area contributed by atoms with E-state index in [-0.39, 0.29) is 5.92 Å². The maximum atomic E-state index is 4.56. The van der Waals surface area contributed by atoms with Crippen molar-refractivity contribution in [1.82, 2.24) is 4.98 Å². The van der Waals surface area contributed by atoms with Crippen LogP contribution in [0.3, 0.4) is 0 Å². The van der Waals surface area contributed by atoms with E-state index < -0.39 is 0 Å². The number of fused-ring (bicyclic) bond motifs is 1. The molecule has 1 atom stereocenters. The number of aryl methyl sites for hydroxylation is 1. The predicted molar refractivity (Wildman–Crippen MR) is 122 cm³/mol. The second-order valence-electron chi connectivity index (χ2n) is 7.72. The number of rotatable bonds is 3. The monoisotopic (exact) mass is 373 g/mol. The summed E-state index contributed by atoms with van der Waals surface area (Å²) in [5.74, 6) is 0.232. The summed E-state index contributed by atoms with van der Waals surface area (Å²) in [6.45, 7) is 4.49. The van der Waals surface area contributed by atoms with Gasteiger partial charge in [-0.3, -0.25) is 4.98 Å². The van der Waals surface area contributed by atoms with Gasteiger partial charge in [0, 0.05) is 17.7 Å². The molecule has 29 heavy (non-hydrogen) atoms. The molecule has 1 heterocycles. The summed E-state index contributed by atoms with van der Waals surface area (Å²) < 4.78 is 0. The highest BCUT2D eigenvalue weighted by molar-refractivity contribution is 6.01. The van der Waals surface area contributed by atoms with Crippen molar-refractivity contribution >= 4 is 11.1 Å². The fraction of sp³-hybridized carbons (Fsp3) is 0.107. The number of aromatic nitrogens is 1. The summed E-state index contributed by atoms with van der Waals surface area (Å²) in [5, 5.41) is 0. The van der Waals surface area contributed by atoms with Crippen molar-refractivity contribution in [3.63, 3.8) is 0 Å². The average Bonchev–Trinajstić information content (AvgIpc) is 3.08. The number of hydrogen-bond acceptors (Lipinski definition) is 1. The normalized spacial score (nSPS) is 15.4. The molecule has 0 saturated carbocycles. The van der Waals surface area contributed by atoms with E-state index in [1.807, 2.05) is 18.3 Å². The van der Waals surface area contributed by atoms with Gasteiger partial charge in [-0.05, 0) is 71.0 Å². The smallest absolute Gasteiger partial charge is 0.0702 e. The quantitative estimate of drug-likeness (QED) is 0.372. The molecule has 0 bridgehead atoms. The zero-order valence-corrected chi connectivity index (χ0v) is 16.8. The molecule has 0 saturated heterocycles. The molecule has 140 valence electrons. The van der Waals surface area contributed by atoms with Gasteiger partial charge in [0.25, 0.3) is 0 Å². The molecule has 1 aliphatic rings. The van der Waals surface area contributed by atoms with Crippen molar-refractivity contribution in [3.05, 3.63) is 125 Å². The lowest BCUT2D eigenvalue weighted by atomic mass is 9.84. The number of nitrogens with zero attached hydrogens (tertiary/aromatic N) is 1. The van der Waals surface area contributed by atoms with Gasteiger partial charge in [-0.2, -0.15) is 0 Å². The third-order valence-corrected chi connectivity index (χ3v) is 5.95. The fourth-order valence-electron chi connectivity index (χ4n) is 4.71. The fourth-order valence-corrected chi connectivity index (χ4v) is 4.71. The van der Waals surface area contributed by atoms with Crippen LogP contribution in [-0.2, 0) is 0 Å². The second-order valence-corrected chi connectivity index (χ2v) is 7.72. The lowest BCUT2D eigenvalue weighted by molar-refractivity contribution is 1.06. The standard InChI is InChI=1S/C28H23N/c1-19-10-8-15-24-26(19)20(2)27(21-11-4-3-5-12-21)28(24)23-14-9-13-22(18-23)25-16-6-7-17-29-25/h3-18,28H,1-2H3. The van der Waals surface area contributed by atoms with Gasteiger partial charge in [0.2, 0.25) is 0 Å². The Hall–Kier alpha value is -3.45. The molecule has 0 aliphatic heterocycles. The van der Waals surface area contributed by atoms with Crippen LogP contribution in [0.15, 0.2) is 97.2 Å². The van der Waals surface area contributed by atoms with Crippen LogP contribution < -0.4 is 0 Å². The maximum Gasteiger partial charge on any atom is 0.0702 e. The van der Waals surface area contributed by atoms with E-state index in [1.54, 1.807) is 0 Å². The van der Waals surface area contributed by atoms with Crippen LogP contribution in [0.25, 0.3) is 22.4 Å². The highest BCUT2D eigenvalue weighted by atomic mass is 14.7. The molecule has 5 rings (SSSR count). The topological polar surface area (TPSA) is 12.9 Å². The molecule has 0 spiro atoms. The summed E-state index contributed by atoms with van der Waals surface area (Å²) in [6, 6.07) is 32.5. The third-order valence-electron chi connectivity index (χ3n) is 5.95. The van der Waals surface area contributed by atoms with E-state index in [0.717, 1.165) is 11.3 Å². The van der Waals surface area contributed by atoms with E-state index in [2.05, 4.69) is 97.7 Å². The van der Waals surface area contributed by atoms with Gasteiger partial charge in [-0.1, -0.05) is 72.8 Å². The molecule has 0 fully saturated rings. The van der Waals surface area contributed by atoms with Crippen LogP contribution in [0, 0.1) is 6.92 Å². The first-order valence-corrected chi connectivity index (χ1v) is 10.1. The van der Waals surface area contributed by atoms with E-state index >= 15 is 0 Å². The van der Waals surface area contributed by atoms with Crippen LogP contribution >= 0.6 is 0 Å². The van der Waals surface area contributed by atoms with Crippen LogP contribution in [-0.4, -0.2) is 4.98 Å². The minimum atomic E-state index is 0.232. The zero-order chi connectivity index (χ0) is 19.8. The van der Waals surface area contributed by atoms with E-state index in [0.29, 0.717) is 0 Å². The van der Waals surface area contributed by atoms with Gasteiger partial charge < -0.3 is 0 Å². The van der Waals surface area contributed by atoms with E-state index in [9.17, 15) is 0 Å². The Morgan fingerprint density at radius 3 is 2.24 bits per heavy atom. The number of hydrogen-bond donors (Lipinski definition) is 0. The van der Waals surface area contributed by atoms with Crippen molar-refractivity contribution in [2.45, 2.75) is 19.8 Å². The van der Waals surface area contributed by atoms with E-state index in [1.165, 1.54) is 39.0 Å². The van der Waals surface area contributed by atoms with Crippen molar-refractivity contribution in [1.29, 1.82) is 0 Å². The van der Waals surface area contributed by atoms with Crippen LogP contribution in [0.5, 0.6) is 0 Å². The largest absolute Gasteiger partial charge is 0.256 e. The molecule has 3 aromatic carbocycles. The Labute approximate surface area is 172 Å². The van der Waals surface area contributed by atoms with Crippen LogP contribution in [0.2, 0.25) is 0 Å². The van der Waals surface area contributed by atoms with Gasteiger partial charge in [-0.25, -0.2) is 0 Å². The second kappa shape index (κ2) is 7.18. The predicted octanol–water partition coefficient (Wildman–Crippen LogP) is 7.13. The SMILES string of the molecule is CC1=C(c2ccccc2)C(c2cccc(-c3ccccn3)c2)c2cccc(C)c21. The minimum absolute atomic E-state index is 0.232. The molecule has 1 unspecified atom stereocenters. The van der Waals surface area contributed by atoms with Gasteiger partial charge in [-0.15, -0.1) is 0 Å². The summed E-state index contributed by atoms with van der Waals surface area (Å²) in [5.41, 5.74) is 11.7. The summed E-state index contributed by atoms with van der Waals surface area (Å²) in [4.78, 5) is 4.56. The Balaban J connectivity index is 1.72. The number of benzene rings is 3.